The Hall–Kier alpha value is -2.35. The summed E-state index contributed by atoms with van der Waals surface area (Å²) in [6.45, 7) is 5.48. The van der Waals surface area contributed by atoms with Crippen molar-refractivity contribution in [3.8, 4) is 5.75 Å². The van der Waals surface area contributed by atoms with Crippen LogP contribution in [-0.2, 0) is 22.6 Å². The highest BCUT2D eigenvalue weighted by Gasteiger charge is 2.34. The predicted octanol–water partition coefficient (Wildman–Crippen LogP) is 0.382. The van der Waals surface area contributed by atoms with E-state index >= 15 is 0 Å². The normalized spacial score (nSPS) is 15.6. The lowest BCUT2D eigenvalue weighted by molar-refractivity contribution is -0.142. The maximum Gasteiger partial charge on any atom is 0.326 e. The SMILES string of the molecule is CC(C)(C)C(NC(=O)c1c(O)c2c([nH]c1=O)COCC2)C(=O)O. The van der Waals surface area contributed by atoms with Crippen LogP contribution in [0.1, 0.15) is 42.4 Å². The zero-order valence-electron chi connectivity index (χ0n) is 13.2. The van der Waals surface area contributed by atoms with E-state index in [1.165, 1.54) is 0 Å². The van der Waals surface area contributed by atoms with Crippen molar-refractivity contribution in [1.82, 2.24) is 10.3 Å². The first-order chi connectivity index (χ1) is 10.6. The van der Waals surface area contributed by atoms with Crippen LogP contribution < -0.4 is 10.9 Å². The molecule has 4 N–H and O–H groups in total. The van der Waals surface area contributed by atoms with E-state index < -0.39 is 40.2 Å². The van der Waals surface area contributed by atoms with Gasteiger partial charge in [0.15, 0.2) is 0 Å². The molecular formula is C15H20N2O6. The largest absolute Gasteiger partial charge is 0.507 e. The number of H-pyrrole nitrogens is 1. The topological polar surface area (TPSA) is 129 Å². The minimum absolute atomic E-state index is 0.153. The summed E-state index contributed by atoms with van der Waals surface area (Å²) in [6.07, 6.45) is 0.361. The second-order valence-corrected chi connectivity index (χ2v) is 6.55. The van der Waals surface area contributed by atoms with Gasteiger partial charge in [-0.25, -0.2) is 4.79 Å². The zero-order valence-corrected chi connectivity index (χ0v) is 13.2. The van der Waals surface area contributed by atoms with Gasteiger partial charge in [0.1, 0.15) is 17.4 Å². The number of carboxylic acid groups (broad SMARTS) is 1. The van der Waals surface area contributed by atoms with Gasteiger partial charge >= 0.3 is 5.97 Å². The fraction of sp³-hybridized carbons (Fsp3) is 0.533. The van der Waals surface area contributed by atoms with Crippen molar-refractivity contribution >= 4 is 11.9 Å². The van der Waals surface area contributed by atoms with Gasteiger partial charge in [-0.15, -0.1) is 0 Å². The molecule has 1 atom stereocenters. The molecule has 0 bridgehead atoms. The van der Waals surface area contributed by atoms with Crippen LogP contribution >= 0.6 is 0 Å². The number of aromatic amines is 1. The number of aromatic hydroxyl groups is 1. The van der Waals surface area contributed by atoms with Crippen LogP contribution in [0.15, 0.2) is 4.79 Å². The second-order valence-electron chi connectivity index (χ2n) is 6.55. The van der Waals surface area contributed by atoms with Crippen LogP contribution in [0.5, 0.6) is 5.75 Å². The van der Waals surface area contributed by atoms with Crippen molar-refractivity contribution in [2.45, 2.75) is 39.8 Å². The summed E-state index contributed by atoms with van der Waals surface area (Å²) in [7, 11) is 0. The molecule has 1 aromatic heterocycles. The van der Waals surface area contributed by atoms with Crippen molar-refractivity contribution in [3.63, 3.8) is 0 Å². The monoisotopic (exact) mass is 324 g/mol. The molecule has 1 aliphatic rings. The molecule has 0 radical (unpaired) electrons. The van der Waals surface area contributed by atoms with Crippen LogP contribution in [0, 0.1) is 5.41 Å². The van der Waals surface area contributed by atoms with Crippen LogP contribution in [0.3, 0.4) is 0 Å². The summed E-state index contributed by atoms with van der Waals surface area (Å²) in [5, 5.41) is 21.8. The molecule has 23 heavy (non-hydrogen) atoms. The zero-order chi connectivity index (χ0) is 17.4. The third kappa shape index (κ3) is 3.37. The van der Waals surface area contributed by atoms with E-state index in [0.29, 0.717) is 24.3 Å². The Morgan fingerprint density at radius 2 is 2.00 bits per heavy atom. The number of ether oxygens (including phenoxy) is 1. The van der Waals surface area contributed by atoms with E-state index in [9.17, 15) is 24.6 Å². The summed E-state index contributed by atoms with van der Waals surface area (Å²) < 4.78 is 5.19. The first kappa shape index (κ1) is 17.0. The Kier molecular flexibility index (Phi) is 4.46. The minimum atomic E-state index is -1.21. The number of carbonyl (C=O) groups excluding carboxylic acids is 1. The van der Waals surface area contributed by atoms with Gasteiger partial charge in [-0.1, -0.05) is 20.8 Å². The highest BCUT2D eigenvalue weighted by molar-refractivity contribution is 5.99. The molecule has 1 unspecified atom stereocenters. The first-order valence-electron chi connectivity index (χ1n) is 7.21. The number of aromatic nitrogens is 1. The molecule has 8 nitrogen and oxygen atoms in total. The number of nitrogens with one attached hydrogen (secondary N) is 2. The van der Waals surface area contributed by atoms with Gasteiger partial charge in [-0.2, -0.15) is 0 Å². The van der Waals surface area contributed by atoms with Gasteiger partial charge in [0.05, 0.1) is 18.9 Å². The van der Waals surface area contributed by atoms with Gasteiger partial charge in [0.2, 0.25) is 0 Å². The lowest BCUT2D eigenvalue weighted by Gasteiger charge is -2.28. The summed E-state index contributed by atoms with van der Waals surface area (Å²) in [4.78, 5) is 38.3. The number of carboxylic acids is 1. The molecule has 0 saturated carbocycles. The van der Waals surface area contributed by atoms with E-state index in [1.54, 1.807) is 20.8 Å². The van der Waals surface area contributed by atoms with Crippen molar-refractivity contribution in [1.29, 1.82) is 0 Å². The third-order valence-electron chi connectivity index (χ3n) is 3.74. The van der Waals surface area contributed by atoms with Gasteiger partial charge in [0, 0.05) is 12.0 Å². The molecule has 0 aromatic carbocycles. The van der Waals surface area contributed by atoms with Crippen molar-refractivity contribution in [2.75, 3.05) is 6.61 Å². The number of hydrogen-bond donors (Lipinski definition) is 4. The smallest absolute Gasteiger partial charge is 0.326 e. The Labute approximate surface area is 132 Å². The highest BCUT2D eigenvalue weighted by Crippen LogP contribution is 2.26. The van der Waals surface area contributed by atoms with Crippen molar-refractivity contribution in [2.24, 2.45) is 5.41 Å². The lowest BCUT2D eigenvalue weighted by atomic mass is 9.86. The number of hydrogen-bond acceptors (Lipinski definition) is 5. The Morgan fingerprint density at radius 1 is 1.35 bits per heavy atom. The van der Waals surface area contributed by atoms with E-state index in [0.717, 1.165) is 0 Å². The average molecular weight is 324 g/mol. The average Bonchev–Trinajstić information content (AvgIpc) is 2.43. The summed E-state index contributed by atoms with van der Waals surface area (Å²) in [5.41, 5.74) is -1.13. The maximum atomic E-state index is 12.3. The molecule has 0 saturated heterocycles. The molecule has 0 aliphatic carbocycles. The molecule has 1 amide bonds. The van der Waals surface area contributed by atoms with Gasteiger partial charge in [0.25, 0.3) is 11.5 Å². The van der Waals surface area contributed by atoms with Gasteiger partial charge < -0.3 is 25.3 Å². The first-order valence-corrected chi connectivity index (χ1v) is 7.21. The fourth-order valence-corrected chi connectivity index (χ4v) is 2.48. The van der Waals surface area contributed by atoms with E-state index in [4.69, 9.17) is 4.74 Å². The Morgan fingerprint density at radius 3 is 2.57 bits per heavy atom. The Bertz CT molecular complexity index is 701. The molecule has 2 heterocycles. The third-order valence-corrected chi connectivity index (χ3v) is 3.74. The molecule has 2 rings (SSSR count). The summed E-state index contributed by atoms with van der Waals surface area (Å²) >= 11 is 0. The standard InChI is InChI=1S/C15H20N2O6/c1-15(2,3)11(14(21)22)17-13(20)9-10(18)7-4-5-23-6-8(7)16-12(9)19/h11H,4-6H2,1-3H3,(H,17,20)(H,21,22)(H2,16,18,19). The fourth-order valence-electron chi connectivity index (χ4n) is 2.48. The minimum Gasteiger partial charge on any atom is -0.507 e. The number of aliphatic carboxylic acids is 1. The van der Waals surface area contributed by atoms with Gasteiger partial charge in [-0.3, -0.25) is 9.59 Å². The quantitative estimate of drug-likeness (QED) is 0.636. The number of rotatable bonds is 3. The van der Waals surface area contributed by atoms with E-state index in [2.05, 4.69) is 10.3 Å². The second kappa shape index (κ2) is 6.04. The van der Waals surface area contributed by atoms with Crippen LogP contribution in [-0.4, -0.2) is 39.7 Å². The van der Waals surface area contributed by atoms with E-state index in [-0.39, 0.29) is 6.61 Å². The summed E-state index contributed by atoms with van der Waals surface area (Å²) in [6, 6.07) is -1.20. The molecule has 126 valence electrons. The van der Waals surface area contributed by atoms with Crippen LogP contribution in [0.25, 0.3) is 0 Å². The number of carbonyl (C=O) groups is 2. The number of amides is 1. The molecule has 8 heteroatoms. The predicted molar refractivity (Wildman–Crippen MR) is 80.4 cm³/mol. The van der Waals surface area contributed by atoms with Crippen molar-refractivity contribution in [3.05, 3.63) is 27.2 Å². The number of pyridine rings is 1. The van der Waals surface area contributed by atoms with Gasteiger partial charge in [-0.05, 0) is 5.41 Å². The van der Waals surface area contributed by atoms with Crippen LogP contribution in [0.2, 0.25) is 0 Å². The Balaban J connectivity index is 2.40. The molecular weight excluding hydrogens is 304 g/mol. The maximum absolute atomic E-state index is 12.3. The number of fused-ring (bicyclic) bond motifs is 1. The lowest BCUT2D eigenvalue weighted by Crippen LogP contribution is -2.50. The summed E-state index contributed by atoms with van der Waals surface area (Å²) in [5.74, 6) is -2.55. The molecule has 1 aliphatic heterocycles. The molecule has 1 aromatic rings. The van der Waals surface area contributed by atoms with E-state index in [1.807, 2.05) is 0 Å². The molecule has 0 spiro atoms. The van der Waals surface area contributed by atoms with Crippen LogP contribution in [0.4, 0.5) is 0 Å². The molecule has 0 fully saturated rings. The highest BCUT2D eigenvalue weighted by atomic mass is 16.5. The van der Waals surface area contributed by atoms with Crippen molar-refractivity contribution < 1.29 is 24.5 Å².